The molecule has 49 heavy (non-hydrogen) atoms. The lowest BCUT2D eigenvalue weighted by Crippen LogP contribution is -2.35. The van der Waals surface area contributed by atoms with Crippen molar-refractivity contribution >= 4 is 47.1 Å². The summed E-state index contributed by atoms with van der Waals surface area (Å²) >= 11 is 0. The Morgan fingerprint density at radius 2 is 1.80 bits per heavy atom. The number of amides is 3. The van der Waals surface area contributed by atoms with Gasteiger partial charge in [0.05, 0.1) is 31.0 Å². The number of ether oxygens (including phenoxy) is 2. The number of carboxylic acids is 1. The van der Waals surface area contributed by atoms with Crippen LogP contribution in [0.25, 0.3) is 11.1 Å². The highest BCUT2D eigenvalue weighted by Gasteiger charge is 2.34. The first-order chi connectivity index (χ1) is 23.5. The molecule has 2 aliphatic rings. The van der Waals surface area contributed by atoms with Gasteiger partial charge >= 0.3 is 5.97 Å². The van der Waals surface area contributed by atoms with Crippen molar-refractivity contribution in [2.24, 2.45) is 19.1 Å². The van der Waals surface area contributed by atoms with Crippen molar-refractivity contribution in [1.82, 2.24) is 19.0 Å². The first-order valence-electron chi connectivity index (χ1n) is 15.5. The summed E-state index contributed by atoms with van der Waals surface area (Å²) in [5, 5.41) is 14.8. The molecule has 0 bridgehead atoms. The molecule has 0 radical (unpaired) electrons. The number of fused-ring (bicyclic) bond motifs is 2. The zero-order valence-electron chi connectivity index (χ0n) is 27.2. The van der Waals surface area contributed by atoms with Gasteiger partial charge in [0.2, 0.25) is 11.7 Å². The fourth-order valence-electron chi connectivity index (χ4n) is 5.83. The molecule has 3 amide bonds. The van der Waals surface area contributed by atoms with E-state index in [-0.39, 0.29) is 48.2 Å². The van der Waals surface area contributed by atoms with Gasteiger partial charge in [-0.15, -0.1) is 0 Å². The topological polar surface area (TPSA) is 169 Å². The first-order valence-corrected chi connectivity index (χ1v) is 15.5. The van der Waals surface area contributed by atoms with E-state index in [9.17, 15) is 24.3 Å². The van der Waals surface area contributed by atoms with Crippen molar-refractivity contribution in [3.63, 3.8) is 0 Å². The Morgan fingerprint density at radius 3 is 2.51 bits per heavy atom. The summed E-state index contributed by atoms with van der Waals surface area (Å²) in [6, 6.07) is 11.7. The van der Waals surface area contributed by atoms with Crippen molar-refractivity contribution < 1.29 is 33.8 Å². The molecule has 6 rings (SSSR count). The van der Waals surface area contributed by atoms with Crippen LogP contribution in [0.3, 0.4) is 0 Å². The van der Waals surface area contributed by atoms with Gasteiger partial charge in [-0.2, -0.15) is 0 Å². The van der Waals surface area contributed by atoms with Crippen LogP contribution in [-0.2, 0) is 18.9 Å². The van der Waals surface area contributed by atoms with Crippen LogP contribution in [0.15, 0.2) is 72.0 Å². The highest BCUT2D eigenvalue weighted by Crippen LogP contribution is 2.38. The van der Waals surface area contributed by atoms with Crippen LogP contribution in [0.4, 0.5) is 17.2 Å². The second-order valence-corrected chi connectivity index (χ2v) is 11.9. The smallest absolute Gasteiger partial charge is 0.352 e. The molecule has 0 aliphatic carbocycles. The molecule has 14 nitrogen and oxygen atoms in total. The molecule has 1 atom stereocenters. The van der Waals surface area contributed by atoms with Crippen LogP contribution in [0.2, 0.25) is 0 Å². The number of aliphatic imine (C=N–C) groups is 1. The molecule has 0 saturated carbocycles. The number of nitrogens with one attached hydrogen (secondary N) is 2. The van der Waals surface area contributed by atoms with E-state index < -0.39 is 11.9 Å². The van der Waals surface area contributed by atoms with Crippen molar-refractivity contribution in [2.75, 3.05) is 30.9 Å². The number of nitrogens with zero attached hydrogens (tertiary/aromatic N) is 5. The standard InChI is InChI=1S/C35H35N7O7/c1-20-12-24-16-36-26-15-29(28(48-4)14-25(26)34(45)42(24)17-20)49-11-5-6-31(43)38-30-19-41(3)32(39-30)33(44)37-23-9-7-21(8-10-23)22-13-27(35(46)47)40(2)18-22/h7-10,13-16,18-19,24H,1,5-6,11-12,17H2,2-4H3,(H,37,44)(H,38,43)(H,46,47). The molecule has 2 aromatic heterocycles. The molecule has 14 heteroatoms. The molecule has 1 saturated heterocycles. The Morgan fingerprint density at radius 1 is 1.02 bits per heavy atom. The van der Waals surface area contributed by atoms with Crippen molar-refractivity contribution in [1.29, 1.82) is 0 Å². The SMILES string of the molecule is C=C1CC2C=Nc3cc(OCCCC(=O)Nc4cn(C)c(C(=O)Nc5ccc(-c6cc(C(=O)O)n(C)c6)cc5)n4)c(OC)cc3C(=O)N2C1. The number of benzene rings is 2. The molecule has 4 aromatic rings. The summed E-state index contributed by atoms with van der Waals surface area (Å²) in [4.78, 5) is 60.7. The van der Waals surface area contributed by atoms with Gasteiger partial charge in [-0.25, -0.2) is 9.78 Å². The molecule has 3 N–H and O–H groups in total. The number of aromatic carboxylic acids is 1. The highest BCUT2D eigenvalue weighted by atomic mass is 16.5. The summed E-state index contributed by atoms with van der Waals surface area (Å²) < 4.78 is 14.5. The molecular weight excluding hydrogens is 630 g/mol. The average molecular weight is 666 g/mol. The monoisotopic (exact) mass is 665 g/mol. The van der Waals surface area contributed by atoms with Crippen LogP contribution in [0.5, 0.6) is 11.5 Å². The quantitative estimate of drug-likeness (QED) is 0.153. The van der Waals surface area contributed by atoms with Crippen LogP contribution in [0.1, 0.15) is 50.7 Å². The lowest BCUT2D eigenvalue weighted by Gasteiger charge is -2.20. The van der Waals surface area contributed by atoms with Crippen molar-refractivity contribution in [3.8, 4) is 22.6 Å². The van der Waals surface area contributed by atoms with E-state index in [2.05, 4.69) is 27.2 Å². The largest absolute Gasteiger partial charge is 0.493 e. The van der Waals surface area contributed by atoms with Crippen LogP contribution in [-0.4, -0.2) is 80.3 Å². The van der Waals surface area contributed by atoms with Crippen LogP contribution < -0.4 is 20.1 Å². The minimum absolute atomic E-state index is 0.0960. The van der Waals surface area contributed by atoms with E-state index in [0.717, 1.165) is 16.7 Å². The van der Waals surface area contributed by atoms with Gasteiger partial charge in [0.1, 0.15) is 5.69 Å². The van der Waals surface area contributed by atoms with Gasteiger partial charge in [0, 0.05) is 63.0 Å². The number of carboxylic acid groups (broad SMARTS) is 1. The number of methoxy groups -OCH3 is 1. The number of aromatic nitrogens is 3. The predicted molar refractivity (Wildman–Crippen MR) is 182 cm³/mol. The van der Waals surface area contributed by atoms with E-state index >= 15 is 0 Å². The number of carbonyl (C=O) groups is 4. The number of anilines is 2. The van der Waals surface area contributed by atoms with E-state index in [1.807, 2.05) is 0 Å². The lowest BCUT2D eigenvalue weighted by molar-refractivity contribution is -0.116. The molecule has 1 unspecified atom stereocenters. The average Bonchev–Trinajstić information content (AvgIpc) is 3.75. The Bertz CT molecular complexity index is 2010. The normalized spacial score (nSPS) is 15.0. The second kappa shape index (κ2) is 13.5. The zero-order valence-corrected chi connectivity index (χ0v) is 27.2. The lowest BCUT2D eigenvalue weighted by atomic mass is 10.1. The number of carbonyl (C=O) groups excluding carboxylic acids is 3. The molecule has 252 valence electrons. The maximum absolute atomic E-state index is 13.2. The van der Waals surface area contributed by atoms with Gasteiger partial charge < -0.3 is 39.2 Å². The Labute approximate surface area is 281 Å². The maximum atomic E-state index is 13.2. The number of imidazole rings is 1. The highest BCUT2D eigenvalue weighted by molar-refractivity contribution is 6.04. The predicted octanol–water partition coefficient (Wildman–Crippen LogP) is 4.67. The zero-order chi connectivity index (χ0) is 34.8. The van der Waals surface area contributed by atoms with Gasteiger partial charge in [0.25, 0.3) is 11.8 Å². The van der Waals surface area contributed by atoms with E-state index in [4.69, 9.17) is 9.47 Å². The summed E-state index contributed by atoms with van der Waals surface area (Å²) in [6.07, 6.45) is 6.22. The Kier molecular flexibility index (Phi) is 9.03. The summed E-state index contributed by atoms with van der Waals surface area (Å²) in [7, 11) is 4.81. The van der Waals surface area contributed by atoms with Gasteiger partial charge in [0.15, 0.2) is 17.3 Å². The second-order valence-electron chi connectivity index (χ2n) is 11.9. The third-order valence-electron chi connectivity index (χ3n) is 8.30. The number of rotatable bonds is 11. The third-order valence-corrected chi connectivity index (χ3v) is 8.30. The summed E-state index contributed by atoms with van der Waals surface area (Å²) in [5.74, 6) is -0.788. The van der Waals surface area contributed by atoms with Gasteiger partial charge in [-0.3, -0.25) is 19.4 Å². The van der Waals surface area contributed by atoms with Crippen molar-refractivity contribution in [3.05, 3.63) is 84.1 Å². The minimum atomic E-state index is -1.01. The molecular formula is C35H35N7O7. The fraction of sp³-hybridized carbons (Fsp3) is 0.257. The molecule has 1 fully saturated rings. The molecule has 0 spiro atoms. The Balaban J connectivity index is 1.01. The van der Waals surface area contributed by atoms with Crippen molar-refractivity contribution in [2.45, 2.75) is 25.3 Å². The fourth-order valence-corrected chi connectivity index (χ4v) is 5.83. The number of hydrogen-bond donors (Lipinski definition) is 3. The van der Waals surface area contributed by atoms with E-state index in [1.54, 1.807) is 80.1 Å². The molecule has 2 aliphatic heterocycles. The number of aryl methyl sites for hydroxylation is 2. The molecule has 4 heterocycles. The van der Waals surface area contributed by atoms with E-state index in [1.165, 1.54) is 16.2 Å². The summed E-state index contributed by atoms with van der Waals surface area (Å²) in [6.45, 7) is 4.70. The van der Waals surface area contributed by atoms with Crippen LogP contribution in [0, 0.1) is 0 Å². The Hall–Kier alpha value is -6.18. The molecule has 2 aromatic carbocycles. The summed E-state index contributed by atoms with van der Waals surface area (Å²) in [5.41, 5.74) is 4.14. The first kappa shape index (κ1) is 32.7. The third kappa shape index (κ3) is 6.93. The van der Waals surface area contributed by atoms with Crippen LogP contribution >= 0.6 is 0 Å². The van der Waals surface area contributed by atoms with Gasteiger partial charge in [-0.1, -0.05) is 24.3 Å². The number of hydrogen-bond acceptors (Lipinski definition) is 8. The van der Waals surface area contributed by atoms with Gasteiger partial charge in [-0.05, 0) is 42.7 Å². The minimum Gasteiger partial charge on any atom is -0.493 e. The van der Waals surface area contributed by atoms with E-state index in [0.29, 0.717) is 47.8 Å². The maximum Gasteiger partial charge on any atom is 0.352 e.